The second kappa shape index (κ2) is 16.5. The molecule has 0 bridgehead atoms. The molecule has 0 spiro atoms. The standard InChI is InChI=1S/C12H25O3S.Li/c1-2-3-4-5-6-7-8-9-10-11-12-15-16(13)14;/h2-12H2,1H3;/q-1;+1. The summed E-state index contributed by atoms with van der Waals surface area (Å²) >= 11 is 0. The van der Waals surface area contributed by atoms with Gasteiger partial charge in [0, 0.05) is 6.61 Å². The first-order valence-corrected chi connectivity index (χ1v) is 7.50. The van der Waals surface area contributed by atoms with Gasteiger partial charge in [0.05, 0.1) is 11.0 Å². The smallest absolute Gasteiger partial charge is 0.424 e. The zero-order chi connectivity index (χ0) is 12.1. The van der Waals surface area contributed by atoms with Gasteiger partial charge in [-0.15, -0.1) is 0 Å². The SMILES string of the molecule is CCCCCCCCCCCCO[S-](=O)=O.[Li+]. The molecule has 0 aliphatic heterocycles. The summed E-state index contributed by atoms with van der Waals surface area (Å²) in [6.45, 7) is 2.57. The minimum Gasteiger partial charge on any atom is -0.424 e. The Morgan fingerprint density at radius 2 is 1.18 bits per heavy atom. The molecule has 0 radical (unpaired) electrons. The van der Waals surface area contributed by atoms with E-state index in [1.807, 2.05) is 0 Å². The van der Waals surface area contributed by atoms with Crippen LogP contribution >= 0.6 is 0 Å². The molecule has 0 saturated carbocycles. The molecule has 0 rings (SSSR count). The van der Waals surface area contributed by atoms with Gasteiger partial charge < -0.3 is 12.6 Å². The van der Waals surface area contributed by atoms with Crippen LogP contribution in [0.25, 0.3) is 0 Å². The maximum atomic E-state index is 10.0. The van der Waals surface area contributed by atoms with E-state index >= 15 is 0 Å². The molecule has 0 atom stereocenters. The average Bonchev–Trinajstić information content (AvgIpc) is 2.25. The van der Waals surface area contributed by atoms with Crippen molar-refractivity contribution < 1.29 is 31.5 Å². The van der Waals surface area contributed by atoms with Crippen molar-refractivity contribution in [2.75, 3.05) is 6.61 Å². The summed E-state index contributed by atoms with van der Waals surface area (Å²) in [4.78, 5) is 0. The molecule has 17 heavy (non-hydrogen) atoms. The minimum atomic E-state index is -2.33. The molecule has 5 heteroatoms. The van der Waals surface area contributed by atoms with E-state index in [9.17, 15) is 8.42 Å². The maximum Gasteiger partial charge on any atom is 1.00 e. The fourth-order valence-electron chi connectivity index (χ4n) is 1.72. The summed E-state index contributed by atoms with van der Waals surface area (Å²) in [5.74, 6) is 0. The van der Waals surface area contributed by atoms with Crippen LogP contribution < -0.4 is 18.9 Å². The predicted octanol–water partition coefficient (Wildman–Crippen LogP) is 1.15. The Morgan fingerprint density at radius 1 is 0.765 bits per heavy atom. The first-order chi connectivity index (χ1) is 7.77. The summed E-state index contributed by atoms with van der Waals surface area (Å²) in [6.07, 6.45) is 12.5. The van der Waals surface area contributed by atoms with E-state index in [2.05, 4.69) is 11.1 Å². The molecule has 0 heterocycles. The molecule has 3 nitrogen and oxygen atoms in total. The summed E-state index contributed by atoms with van der Waals surface area (Å²) in [5.41, 5.74) is 0. The van der Waals surface area contributed by atoms with E-state index in [0.29, 0.717) is 6.61 Å². The van der Waals surface area contributed by atoms with E-state index in [0.717, 1.165) is 12.8 Å². The monoisotopic (exact) mass is 256 g/mol. The third-order valence-corrected chi connectivity index (χ3v) is 3.04. The molecule has 0 aromatic heterocycles. The molecular formula is C12H25LiO3S. The molecule has 98 valence electrons. The van der Waals surface area contributed by atoms with Crippen LogP contribution in [0.15, 0.2) is 0 Å². The van der Waals surface area contributed by atoms with Gasteiger partial charge in [0.15, 0.2) is 0 Å². The van der Waals surface area contributed by atoms with Crippen LogP contribution in [0.2, 0.25) is 0 Å². The number of rotatable bonds is 12. The van der Waals surface area contributed by atoms with Crippen LogP contribution in [-0.2, 0) is 23.6 Å². The van der Waals surface area contributed by atoms with Gasteiger partial charge in [-0.25, -0.2) is 0 Å². The maximum absolute atomic E-state index is 10.0. The zero-order valence-corrected chi connectivity index (χ0v) is 12.2. The van der Waals surface area contributed by atoms with E-state index < -0.39 is 11.0 Å². The Kier molecular flexibility index (Phi) is 19.3. The van der Waals surface area contributed by atoms with Crippen LogP contribution in [0, 0.1) is 0 Å². The van der Waals surface area contributed by atoms with Crippen molar-refractivity contribution in [1.29, 1.82) is 0 Å². The molecule has 0 amide bonds. The Balaban J connectivity index is 0. The molecule has 0 aromatic carbocycles. The summed E-state index contributed by atoms with van der Waals surface area (Å²) < 4.78 is 24.5. The Hall–Kier alpha value is 0.507. The molecule has 0 aromatic rings. The third-order valence-electron chi connectivity index (χ3n) is 2.68. The van der Waals surface area contributed by atoms with Crippen LogP contribution in [0.5, 0.6) is 0 Å². The number of hydrogen-bond donors (Lipinski definition) is 0. The van der Waals surface area contributed by atoms with Crippen molar-refractivity contribution in [1.82, 2.24) is 0 Å². The molecular weight excluding hydrogens is 231 g/mol. The fraction of sp³-hybridized carbons (Fsp3) is 1.00. The van der Waals surface area contributed by atoms with Crippen molar-refractivity contribution >= 4 is 11.0 Å². The van der Waals surface area contributed by atoms with Crippen molar-refractivity contribution in [2.24, 2.45) is 0 Å². The quantitative estimate of drug-likeness (QED) is 0.299. The van der Waals surface area contributed by atoms with E-state index in [1.54, 1.807) is 0 Å². The largest absolute Gasteiger partial charge is 1.00 e. The summed E-state index contributed by atoms with van der Waals surface area (Å²) in [6, 6.07) is 0. The average molecular weight is 256 g/mol. The number of hydrogen-bond acceptors (Lipinski definition) is 4. The van der Waals surface area contributed by atoms with E-state index in [4.69, 9.17) is 0 Å². The van der Waals surface area contributed by atoms with Crippen LogP contribution in [0.1, 0.15) is 71.1 Å². The second-order valence-electron chi connectivity index (χ2n) is 4.21. The van der Waals surface area contributed by atoms with Crippen LogP contribution in [0.4, 0.5) is 0 Å². The van der Waals surface area contributed by atoms with Gasteiger partial charge in [-0.3, -0.25) is 0 Å². The van der Waals surface area contributed by atoms with Gasteiger partial charge in [0.2, 0.25) is 0 Å². The Labute approximate surface area is 120 Å². The molecule has 0 N–H and O–H groups in total. The summed E-state index contributed by atoms with van der Waals surface area (Å²) in [7, 11) is -2.33. The summed E-state index contributed by atoms with van der Waals surface area (Å²) in [5, 5.41) is 0. The fourth-order valence-corrected chi connectivity index (χ4v) is 1.97. The zero-order valence-electron chi connectivity index (χ0n) is 11.4. The molecule has 0 aliphatic carbocycles. The van der Waals surface area contributed by atoms with Gasteiger partial charge in [-0.05, 0) is 6.42 Å². The molecule has 0 saturated heterocycles. The van der Waals surface area contributed by atoms with Gasteiger partial charge in [0.25, 0.3) is 0 Å². The van der Waals surface area contributed by atoms with Gasteiger partial charge in [-0.1, -0.05) is 64.7 Å². The third kappa shape index (κ3) is 19.0. The molecule has 0 unspecified atom stereocenters. The molecule has 0 fully saturated rings. The second-order valence-corrected chi connectivity index (χ2v) is 4.85. The Bertz CT molecular complexity index is 200. The van der Waals surface area contributed by atoms with Crippen molar-refractivity contribution in [3.05, 3.63) is 0 Å². The van der Waals surface area contributed by atoms with Crippen molar-refractivity contribution in [2.45, 2.75) is 71.1 Å². The van der Waals surface area contributed by atoms with Crippen molar-refractivity contribution in [3.63, 3.8) is 0 Å². The van der Waals surface area contributed by atoms with E-state index in [-0.39, 0.29) is 18.9 Å². The van der Waals surface area contributed by atoms with E-state index in [1.165, 1.54) is 51.4 Å². The minimum absolute atomic E-state index is 0. The predicted molar refractivity (Wildman–Crippen MR) is 66.5 cm³/mol. The normalized spacial score (nSPS) is 10.5. The van der Waals surface area contributed by atoms with Crippen molar-refractivity contribution in [3.8, 4) is 0 Å². The van der Waals surface area contributed by atoms with Gasteiger partial charge in [-0.2, -0.15) is 0 Å². The van der Waals surface area contributed by atoms with Gasteiger partial charge >= 0.3 is 18.9 Å². The first kappa shape index (κ1) is 19.8. The molecule has 0 aliphatic rings. The first-order valence-electron chi connectivity index (χ1n) is 6.50. The van der Waals surface area contributed by atoms with Crippen LogP contribution in [-0.4, -0.2) is 6.61 Å². The van der Waals surface area contributed by atoms with Crippen LogP contribution in [0.3, 0.4) is 0 Å². The Morgan fingerprint density at radius 3 is 1.59 bits per heavy atom. The topological polar surface area (TPSA) is 43.4 Å². The number of unbranched alkanes of at least 4 members (excludes halogenated alkanes) is 9. The van der Waals surface area contributed by atoms with Gasteiger partial charge in [0.1, 0.15) is 0 Å².